The maximum Gasteiger partial charge on any atom is 0.160 e. The molecule has 0 saturated carbocycles. The molecule has 0 aliphatic carbocycles. The lowest BCUT2D eigenvalue weighted by Gasteiger charge is -2.21. The summed E-state index contributed by atoms with van der Waals surface area (Å²) in [6, 6.07) is 9.56. The lowest BCUT2D eigenvalue weighted by Crippen LogP contribution is -2.23. The van der Waals surface area contributed by atoms with Gasteiger partial charge in [-0.3, -0.25) is 0 Å². The van der Waals surface area contributed by atoms with Crippen molar-refractivity contribution in [3.8, 4) is 0 Å². The average molecular weight is 375 g/mol. The minimum absolute atomic E-state index is 0.211. The summed E-state index contributed by atoms with van der Waals surface area (Å²) < 4.78 is 27.7. The van der Waals surface area contributed by atoms with Crippen molar-refractivity contribution in [2.45, 2.75) is 19.4 Å². The normalized spacial score (nSPS) is 12.4. The number of halogens is 4. The van der Waals surface area contributed by atoms with Crippen LogP contribution < -0.4 is 5.32 Å². The lowest BCUT2D eigenvalue weighted by molar-refractivity contribution is 0.503. The molecule has 112 valence electrons. The summed E-state index contributed by atoms with van der Waals surface area (Å²) in [6.07, 6.45) is 0.922. The fraction of sp³-hybridized carbons (Fsp3) is 0.250. The molecular weight excluding hydrogens is 360 g/mol. The first-order valence-corrected chi connectivity index (χ1v) is 7.83. The van der Waals surface area contributed by atoms with E-state index in [-0.39, 0.29) is 11.1 Å². The maximum atomic E-state index is 13.6. The first kappa shape index (κ1) is 16.4. The molecule has 1 atom stereocenters. The lowest BCUT2D eigenvalue weighted by atomic mass is 9.98. The smallest absolute Gasteiger partial charge is 0.160 e. The molecule has 2 aromatic carbocycles. The summed E-state index contributed by atoms with van der Waals surface area (Å²) in [5.41, 5.74) is 1.47. The number of benzene rings is 2. The zero-order chi connectivity index (χ0) is 15.4. The minimum Gasteiger partial charge on any atom is -0.306 e. The summed E-state index contributed by atoms with van der Waals surface area (Å²) in [5, 5.41) is 3.53. The highest BCUT2D eigenvalue weighted by Gasteiger charge is 2.19. The van der Waals surface area contributed by atoms with Crippen molar-refractivity contribution in [2.24, 2.45) is 0 Å². The van der Waals surface area contributed by atoms with Crippen molar-refractivity contribution in [3.05, 3.63) is 68.7 Å². The van der Waals surface area contributed by atoms with E-state index < -0.39 is 11.6 Å². The zero-order valence-electron chi connectivity index (χ0n) is 11.5. The van der Waals surface area contributed by atoms with Gasteiger partial charge in [0.2, 0.25) is 0 Å². The molecule has 0 saturated heterocycles. The summed E-state index contributed by atoms with van der Waals surface area (Å²) in [5.74, 6) is -1.83. The Hall–Kier alpha value is -0.970. The van der Waals surface area contributed by atoms with E-state index in [0.717, 1.165) is 35.1 Å². The summed E-state index contributed by atoms with van der Waals surface area (Å²) in [6.45, 7) is 2.78. The van der Waals surface area contributed by atoms with Gasteiger partial charge in [0.25, 0.3) is 0 Å². The molecule has 1 unspecified atom stereocenters. The third kappa shape index (κ3) is 4.02. The predicted molar refractivity (Wildman–Crippen MR) is 85.6 cm³/mol. The Morgan fingerprint density at radius 1 is 1.19 bits per heavy atom. The largest absolute Gasteiger partial charge is 0.306 e. The van der Waals surface area contributed by atoms with Crippen LogP contribution in [0.3, 0.4) is 0 Å². The van der Waals surface area contributed by atoms with Gasteiger partial charge in [0.1, 0.15) is 0 Å². The average Bonchev–Trinajstić information content (AvgIpc) is 2.44. The number of rotatable bonds is 5. The van der Waals surface area contributed by atoms with Crippen molar-refractivity contribution in [3.63, 3.8) is 0 Å². The van der Waals surface area contributed by atoms with E-state index in [1.54, 1.807) is 0 Å². The third-order valence-corrected chi connectivity index (χ3v) is 3.95. The van der Waals surface area contributed by atoms with Gasteiger partial charge in [-0.2, -0.15) is 0 Å². The molecule has 0 fully saturated rings. The van der Waals surface area contributed by atoms with Gasteiger partial charge in [0.15, 0.2) is 11.6 Å². The monoisotopic (exact) mass is 373 g/mol. The van der Waals surface area contributed by atoms with Gasteiger partial charge in [-0.1, -0.05) is 46.6 Å². The van der Waals surface area contributed by atoms with Gasteiger partial charge in [-0.05, 0) is 48.4 Å². The predicted octanol–water partition coefficient (Wildman–Crippen LogP) is 5.47. The molecule has 2 rings (SSSR count). The molecule has 2 aromatic rings. The van der Waals surface area contributed by atoms with Crippen LogP contribution in [0.15, 0.2) is 40.9 Å². The summed E-state index contributed by atoms with van der Waals surface area (Å²) >= 11 is 9.53. The highest BCUT2D eigenvalue weighted by atomic mass is 79.9. The molecule has 0 spiro atoms. The van der Waals surface area contributed by atoms with Gasteiger partial charge in [-0.15, -0.1) is 0 Å². The first-order valence-electron chi connectivity index (χ1n) is 6.66. The molecular formula is C16H15BrClF2N. The van der Waals surface area contributed by atoms with E-state index in [1.807, 2.05) is 31.2 Å². The van der Waals surface area contributed by atoms with Crippen molar-refractivity contribution >= 4 is 27.5 Å². The second-order valence-electron chi connectivity index (χ2n) is 4.73. The Balaban J connectivity index is 2.47. The minimum atomic E-state index is -0.938. The molecule has 1 nitrogen and oxygen atoms in total. The van der Waals surface area contributed by atoms with Crippen LogP contribution in [-0.2, 0) is 0 Å². The molecule has 5 heteroatoms. The number of nitrogens with one attached hydrogen (secondary N) is 1. The van der Waals surface area contributed by atoms with Crippen LogP contribution in [0.1, 0.15) is 30.5 Å². The van der Waals surface area contributed by atoms with Crippen LogP contribution >= 0.6 is 27.5 Å². The molecule has 0 aliphatic rings. The van der Waals surface area contributed by atoms with Crippen molar-refractivity contribution in [1.82, 2.24) is 5.32 Å². The van der Waals surface area contributed by atoms with Crippen LogP contribution in [0.25, 0.3) is 0 Å². The second kappa shape index (κ2) is 7.34. The molecule has 0 heterocycles. The molecule has 21 heavy (non-hydrogen) atoms. The SMILES string of the molecule is CCCNC(c1cccc(Br)c1)c1cc(F)c(F)cc1Cl. The zero-order valence-corrected chi connectivity index (χ0v) is 13.8. The van der Waals surface area contributed by atoms with E-state index in [0.29, 0.717) is 5.56 Å². The van der Waals surface area contributed by atoms with Gasteiger partial charge in [-0.25, -0.2) is 8.78 Å². The van der Waals surface area contributed by atoms with Crippen molar-refractivity contribution in [1.29, 1.82) is 0 Å². The molecule has 0 aromatic heterocycles. The molecule has 1 N–H and O–H groups in total. The second-order valence-corrected chi connectivity index (χ2v) is 6.05. The molecule has 0 amide bonds. The van der Waals surface area contributed by atoms with Crippen molar-refractivity contribution in [2.75, 3.05) is 6.54 Å². The summed E-state index contributed by atoms with van der Waals surface area (Å²) in [4.78, 5) is 0. The van der Waals surface area contributed by atoms with Gasteiger partial charge < -0.3 is 5.32 Å². The van der Waals surface area contributed by atoms with Crippen LogP contribution in [0.2, 0.25) is 5.02 Å². The Morgan fingerprint density at radius 3 is 2.57 bits per heavy atom. The molecule has 0 bridgehead atoms. The highest BCUT2D eigenvalue weighted by Crippen LogP contribution is 2.31. The Morgan fingerprint density at radius 2 is 1.90 bits per heavy atom. The fourth-order valence-electron chi connectivity index (χ4n) is 2.14. The fourth-order valence-corrected chi connectivity index (χ4v) is 2.82. The maximum absolute atomic E-state index is 13.6. The Bertz CT molecular complexity index is 634. The highest BCUT2D eigenvalue weighted by molar-refractivity contribution is 9.10. The summed E-state index contributed by atoms with van der Waals surface area (Å²) in [7, 11) is 0. The Labute approximate surface area is 136 Å². The first-order chi connectivity index (χ1) is 10.0. The van der Waals surface area contributed by atoms with E-state index in [9.17, 15) is 8.78 Å². The molecule has 0 aliphatic heterocycles. The third-order valence-electron chi connectivity index (χ3n) is 3.13. The van der Waals surface area contributed by atoms with Crippen molar-refractivity contribution < 1.29 is 8.78 Å². The van der Waals surface area contributed by atoms with Crippen LogP contribution in [0.4, 0.5) is 8.78 Å². The van der Waals surface area contributed by atoms with Gasteiger partial charge in [0, 0.05) is 9.50 Å². The van der Waals surface area contributed by atoms with Crippen LogP contribution in [-0.4, -0.2) is 6.54 Å². The standard InChI is InChI=1S/C16H15BrClF2N/c1-2-6-21-16(10-4-3-5-11(17)7-10)12-8-14(19)15(20)9-13(12)18/h3-5,7-9,16,21H,2,6H2,1H3. The van der Waals surface area contributed by atoms with Crippen LogP contribution in [0.5, 0.6) is 0 Å². The van der Waals surface area contributed by atoms with E-state index in [2.05, 4.69) is 21.2 Å². The topological polar surface area (TPSA) is 12.0 Å². The quantitative estimate of drug-likeness (QED) is 0.684. The van der Waals surface area contributed by atoms with E-state index >= 15 is 0 Å². The Kier molecular flexibility index (Phi) is 5.73. The number of hydrogen-bond acceptors (Lipinski definition) is 1. The van der Waals surface area contributed by atoms with Gasteiger partial charge in [0.05, 0.1) is 6.04 Å². The molecule has 0 radical (unpaired) electrons. The number of hydrogen-bond donors (Lipinski definition) is 1. The van der Waals surface area contributed by atoms with E-state index in [4.69, 9.17) is 11.6 Å². The van der Waals surface area contributed by atoms with Gasteiger partial charge >= 0.3 is 0 Å². The van der Waals surface area contributed by atoms with E-state index in [1.165, 1.54) is 0 Å². The van der Waals surface area contributed by atoms with Crippen LogP contribution in [0, 0.1) is 11.6 Å².